The number of ether oxygens (including phenoxy) is 3. The molecule has 0 aromatic heterocycles. The number of hydrogen-bond donors (Lipinski definition) is 1. The lowest BCUT2D eigenvalue weighted by molar-refractivity contribution is 0.104. The number of phenolic OH excluding ortho intramolecular Hbond substituents is 1. The number of allylic oxidation sites excluding steroid dienone is 1. The lowest BCUT2D eigenvalue weighted by Gasteiger charge is -2.10. The summed E-state index contributed by atoms with van der Waals surface area (Å²) in [7, 11) is 4.49. The maximum absolute atomic E-state index is 12.1. The fraction of sp³-hybridized carbons (Fsp3) is 0.167. The SMILES string of the molecule is COc1ccc(C(=O)/C=C/c2ccc(OC)c(OC)c2O)cc1. The van der Waals surface area contributed by atoms with Gasteiger partial charge in [0, 0.05) is 11.1 Å². The molecule has 0 heterocycles. The summed E-state index contributed by atoms with van der Waals surface area (Å²) in [5, 5.41) is 10.2. The molecular weight excluding hydrogens is 296 g/mol. The van der Waals surface area contributed by atoms with Crippen molar-refractivity contribution in [2.75, 3.05) is 21.3 Å². The average Bonchev–Trinajstić information content (AvgIpc) is 2.60. The van der Waals surface area contributed by atoms with E-state index in [-0.39, 0.29) is 17.3 Å². The lowest BCUT2D eigenvalue weighted by atomic mass is 10.1. The summed E-state index contributed by atoms with van der Waals surface area (Å²) in [5.74, 6) is 1.07. The van der Waals surface area contributed by atoms with Gasteiger partial charge in [-0.3, -0.25) is 4.79 Å². The highest BCUT2D eigenvalue weighted by Crippen LogP contribution is 2.39. The maximum atomic E-state index is 12.1. The van der Waals surface area contributed by atoms with Crippen LogP contribution >= 0.6 is 0 Å². The highest BCUT2D eigenvalue weighted by atomic mass is 16.5. The average molecular weight is 314 g/mol. The Kier molecular flexibility index (Phi) is 5.25. The molecule has 0 atom stereocenters. The molecule has 5 heteroatoms. The van der Waals surface area contributed by atoms with E-state index in [9.17, 15) is 9.90 Å². The molecule has 0 aliphatic heterocycles. The van der Waals surface area contributed by atoms with Gasteiger partial charge < -0.3 is 19.3 Å². The number of ketones is 1. The highest BCUT2D eigenvalue weighted by Gasteiger charge is 2.12. The second kappa shape index (κ2) is 7.35. The normalized spacial score (nSPS) is 10.6. The molecule has 2 aromatic rings. The highest BCUT2D eigenvalue weighted by molar-refractivity contribution is 6.07. The third kappa shape index (κ3) is 3.63. The fourth-order valence-corrected chi connectivity index (χ4v) is 2.08. The summed E-state index contributed by atoms with van der Waals surface area (Å²) in [6.45, 7) is 0. The van der Waals surface area contributed by atoms with Crippen LogP contribution in [0.15, 0.2) is 42.5 Å². The smallest absolute Gasteiger partial charge is 0.203 e. The zero-order valence-corrected chi connectivity index (χ0v) is 13.2. The number of methoxy groups -OCH3 is 3. The zero-order valence-electron chi connectivity index (χ0n) is 13.2. The van der Waals surface area contributed by atoms with E-state index in [4.69, 9.17) is 14.2 Å². The Bertz CT molecular complexity index is 717. The van der Waals surface area contributed by atoms with Gasteiger partial charge in [0.15, 0.2) is 17.3 Å². The minimum atomic E-state index is -0.179. The van der Waals surface area contributed by atoms with Crippen LogP contribution in [0.25, 0.3) is 6.08 Å². The molecule has 23 heavy (non-hydrogen) atoms. The minimum Gasteiger partial charge on any atom is -0.504 e. The largest absolute Gasteiger partial charge is 0.504 e. The number of carbonyl (C=O) groups excluding carboxylic acids is 1. The Morgan fingerprint density at radius 3 is 2.22 bits per heavy atom. The van der Waals surface area contributed by atoms with Gasteiger partial charge in [-0.15, -0.1) is 0 Å². The maximum Gasteiger partial charge on any atom is 0.203 e. The molecule has 0 radical (unpaired) electrons. The standard InChI is InChI=1S/C18H18O5/c1-21-14-8-4-12(5-9-14)15(19)10-6-13-7-11-16(22-2)18(23-3)17(13)20/h4-11,20H,1-3H3/b10-6+. The molecule has 0 saturated heterocycles. The lowest BCUT2D eigenvalue weighted by Crippen LogP contribution is -1.95. The Hall–Kier alpha value is -2.95. The van der Waals surface area contributed by atoms with Gasteiger partial charge in [-0.1, -0.05) is 0 Å². The summed E-state index contributed by atoms with van der Waals surface area (Å²) in [4.78, 5) is 12.1. The van der Waals surface area contributed by atoms with Crippen molar-refractivity contribution in [1.82, 2.24) is 0 Å². The Balaban J connectivity index is 2.23. The van der Waals surface area contributed by atoms with E-state index >= 15 is 0 Å². The summed E-state index contributed by atoms with van der Waals surface area (Å²) < 4.78 is 15.3. The van der Waals surface area contributed by atoms with Crippen molar-refractivity contribution in [3.8, 4) is 23.0 Å². The Morgan fingerprint density at radius 2 is 1.65 bits per heavy atom. The van der Waals surface area contributed by atoms with Crippen molar-refractivity contribution in [3.63, 3.8) is 0 Å². The first-order valence-corrected chi connectivity index (χ1v) is 6.91. The molecule has 2 rings (SSSR count). The number of carbonyl (C=O) groups is 1. The summed E-state index contributed by atoms with van der Waals surface area (Å²) in [5.41, 5.74) is 0.992. The molecule has 1 N–H and O–H groups in total. The monoisotopic (exact) mass is 314 g/mol. The Morgan fingerprint density at radius 1 is 0.957 bits per heavy atom. The third-order valence-corrected chi connectivity index (χ3v) is 3.34. The molecule has 5 nitrogen and oxygen atoms in total. The van der Waals surface area contributed by atoms with Crippen molar-refractivity contribution in [2.24, 2.45) is 0 Å². The van der Waals surface area contributed by atoms with Crippen LogP contribution in [0.3, 0.4) is 0 Å². The first-order valence-electron chi connectivity index (χ1n) is 6.91. The van der Waals surface area contributed by atoms with Gasteiger partial charge in [-0.05, 0) is 48.6 Å². The van der Waals surface area contributed by atoms with E-state index in [1.807, 2.05) is 0 Å². The van der Waals surface area contributed by atoms with Crippen molar-refractivity contribution in [1.29, 1.82) is 0 Å². The second-order valence-electron chi connectivity index (χ2n) is 4.66. The summed E-state index contributed by atoms with van der Waals surface area (Å²) >= 11 is 0. The molecule has 120 valence electrons. The number of rotatable bonds is 6. The van der Waals surface area contributed by atoms with Crippen LogP contribution in [0.5, 0.6) is 23.0 Å². The van der Waals surface area contributed by atoms with Crippen LogP contribution in [0, 0.1) is 0 Å². The van der Waals surface area contributed by atoms with Crippen LogP contribution in [0.4, 0.5) is 0 Å². The molecule has 0 aliphatic rings. The van der Waals surface area contributed by atoms with Gasteiger partial charge in [-0.2, -0.15) is 0 Å². The fourth-order valence-electron chi connectivity index (χ4n) is 2.08. The van der Waals surface area contributed by atoms with Crippen molar-refractivity contribution in [3.05, 3.63) is 53.6 Å². The minimum absolute atomic E-state index is 0.0781. The van der Waals surface area contributed by atoms with Crippen molar-refractivity contribution >= 4 is 11.9 Å². The topological polar surface area (TPSA) is 65.0 Å². The van der Waals surface area contributed by atoms with Gasteiger partial charge in [0.05, 0.1) is 21.3 Å². The van der Waals surface area contributed by atoms with E-state index < -0.39 is 0 Å². The molecule has 0 bridgehead atoms. The molecule has 2 aromatic carbocycles. The summed E-state index contributed by atoms with van der Waals surface area (Å²) in [6.07, 6.45) is 2.92. The van der Waals surface area contributed by atoms with Crippen LogP contribution in [-0.2, 0) is 0 Å². The molecule has 0 spiro atoms. The molecule has 0 saturated carbocycles. The molecule has 0 unspecified atom stereocenters. The molecule has 0 aliphatic carbocycles. The van der Waals surface area contributed by atoms with E-state index in [1.165, 1.54) is 26.4 Å². The second-order valence-corrected chi connectivity index (χ2v) is 4.66. The Labute approximate surface area is 134 Å². The van der Waals surface area contributed by atoms with Gasteiger partial charge >= 0.3 is 0 Å². The predicted molar refractivity (Wildman–Crippen MR) is 87.6 cm³/mol. The van der Waals surface area contributed by atoms with E-state index in [0.717, 1.165) is 0 Å². The number of hydrogen-bond acceptors (Lipinski definition) is 5. The predicted octanol–water partition coefficient (Wildman–Crippen LogP) is 3.31. The van der Waals surface area contributed by atoms with Crippen LogP contribution in [0.1, 0.15) is 15.9 Å². The van der Waals surface area contributed by atoms with Gasteiger partial charge in [0.2, 0.25) is 5.75 Å². The van der Waals surface area contributed by atoms with Crippen molar-refractivity contribution in [2.45, 2.75) is 0 Å². The third-order valence-electron chi connectivity index (χ3n) is 3.34. The van der Waals surface area contributed by atoms with E-state index in [1.54, 1.807) is 43.5 Å². The van der Waals surface area contributed by atoms with Gasteiger partial charge in [0.25, 0.3) is 0 Å². The first-order chi connectivity index (χ1) is 11.1. The van der Waals surface area contributed by atoms with Crippen LogP contribution in [-0.4, -0.2) is 32.2 Å². The van der Waals surface area contributed by atoms with Crippen molar-refractivity contribution < 1.29 is 24.1 Å². The van der Waals surface area contributed by atoms with E-state index in [0.29, 0.717) is 22.6 Å². The van der Waals surface area contributed by atoms with Gasteiger partial charge in [0.1, 0.15) is 5.75 Å². The molecule has 0 amide bonds. The number of benzene rings is 2. The molecule has 0 fully saturated rings. The van der Waals surface area contributed by atoms with Crippen LogP contribution in [0.2, 0.25) is 0 Å². The number of phenols is 1. The first kappa shape index (κ1) is 16.4. The quantitative estimate of drug-likeness (QED) is 0.654. The van der Waals surface area contributed by atoms with Crippen LogP contribution < -0.4 is 14.2 Å². The summed E-state index contributed by atoms with van der Waals surface area (Å²) in [6, 6.07) is 10.1. The number of aromatic hydroxyl groups is 1. The zero-order chi connectivity index (χ0) is 16.8. The molecular formula is C18H18O5. The van der Waals surface area contributed by atoms with Gasteiger partial charge in [-0.25, -0.2) is 0 Å². The van der Waals surface area contributed by atoms with E-state index in [2.05, 4.69) is 0 Å².